The molecule has 1 saturated heterocycles. The number of piperidine rings is 1. The molecule has 4 heteroatoms. The van der Waals surface area contributed by atoms with Crippen molar-refractivity contribution in [1.82, 2.24) is 15.3 Å². The number of aromatic nitrogens is 2. The third-order valence-electron chi connectivity index (χ3n) is 3.46. The van der Waals surface area contributed by atoms with Gasteiger partial charge in [-0.15, -0.1) is 0 Å². The highest BCUT2D eigenvalue weighted by atomic mass is 15.2. The van der Waals surface area contributed by atoms with Gasteiger partial charge in [-0.25, -0.2) is 4.98 Å². The van der Waals surface area contributed by atoms with Crippen molar-refractivity contribution in [2.75, 3.05) is 18.5 Å². The summed E-state index contributed by atoms with van der Waals surface area (Å²) in [4.78, 5) is 11.3. The minimum absolute atomic E-state index is 0.579. The molecule has 17 heavy (non-hydrogen) atoms. The highest BCUT2D eigenvalue weighted by molar-refractivity contribution is 5.38. The Morgan fingerprint density at radius 2 is 2.12 bits per heavy atom. The maximum atomic E-state index is 4.53. The predicted octanol–water partition coefficient (Wildman–Crippen LogP) is 1.82. The fourth-order valence-corrected chi connectivity index (χ4v) is 2.38. The van der Waals surface area contributed by atoms with E-state index in [0.29, 0.717) is 6.04 Å². The summed E-state index contributed by atoms with van der Waals surface area (Å²) in [5, 5.41) is 3.08. The van der Waals surface area contributed by atoms with Gasteiger partial charge in [-0.3, -0.25) is 4.98 Å². The molecule has 2 heterocycles. The Labute approximate surface area is 103 Å². The van der Waals surface area contributed by atoms with E-state index < -0.39 is 0 Å². The maximum absolute atomic E-state index is 4.53. The van der Waals surface area contributed by atoms with Crippen molar-refractivity contribution in [3.05, 3.63) is 18.1 Å². The van der Waals surface area contributed by atoms with Crippen molar-refractivity contribution in [2.24, 2.45) is 5.92 Å². The smallest absolute Gasteiger partial charge is 0.147 e. The summed E-state index contributed by atoms with van der Waals surface area (Å²) >= 11 is 0. The molecule has 1 aromatic rings. The van der Waals surface area contributed by atoms with Crippen LogP contribution in [0.3, 0.4) is 0 Å². The number of hydrogen-bond acceptors (Lipinski definition) is 4. The summed E-state index contributed by atoms with van der Waals surface area (Å²) < 4.78 is 0. The zero-order chi connectivity index (χ0) is 12.3. The minimum atomic E-state index is 0.579. The molecule has 0 aliphatic carbocycles. The van der Waals surface area contributed by atoms with Crippen LogP contribution in [-0.4, -0.2) is 29.6 Å². The van der Waals surface area contributed by atoms with E-state index in [1.54, 1.807) is 0 Å². The molecule has 4 nitrogen and oxygen atoms in total. The first-order valence-electron chi connectivity index (χ1n) is 6.43. The van der Waals surface area contributed by atoms with Crippen molar-refractivity contribution in [2.45, 2.75) is 39.3 Å². The molecule has 1 N–H and O–H groups in total. The van der Waals surface area contributed by atoms with Gasteiger partial charge in [0.15, 0.2) is 0 Å². The second-order valence-electron chi connectivity index (χ2n) is 5.08. The van der Waals surface area contributed by atoms with Gasteiger partial charge in [-0.2, -0.15) is 0 Å². The van der Waals surface area contributed by atoms with E-state index in [2.05, 4.69) is 34.0 Å². The van der Waals surface area contributed by atoms with E-state index in [1.165, 1.54) is 12.8 Å². The molecule has 1 aliphatic rings. The molecule has 1 aromatic heterocycles. The lowest BCUT2D eigenvalue weighted by atomic mass is 9.95. The van der Waals surface area contributed by atoms with Crippen LogP contribution in [0.25, 0.3) is 0 Å². The number of rotatable bonds is 3. The summed E-state index contributed by atoms with van der Waals surface area (Å²) in [5.74, 6) is 1.77. The lowest BCUT2D eigenvalue weighted by Crippen LogP contribution is -2.41. The zero-order valence-corrected chi connectivity index (χ0v) is 11.0. The summed E-state index contributed by atoms with van der Waals surface area (Å²) in [6.07, 6.45) is 6.35. The maximum Gasteiger partial charge on any atom is 0.147 e. The summed E-state index contributed by atoms with van der Waals surface area (Å²) in [6.45, 7) is 6.46. The monoisotopic (exact) mass is 234 g/mol. The molecule has 0 bridgehead atoms. The van der Waals surface area contributed by atoms with Crippen LogP contribution in [0.1, 0.15) is 32.4 Å². The minimum Gasteiger partial charge on any atom is -0.352 e. The predicted molar refractivity (Wildman–Crippen MR) is 70.0 cm³/mol. The Morgan fingerprint density at radius 1 is 1.29 bits per heavy atom. The van der Waals surface area contributed by atoms with Gasteiger partial charge >= 0.3 is 0 Å². The van der Waals surface area contributed by atoms with E-state index in [0.717, 1.165) is 30.5 Å². The Hall–Kier alpha value is -1.16. The fraction of sp³-hybridized carbons (Fsp3) is 0.692. The Bertz CT molecular complexity index is 349. The van der Waals surface area contributed by atoms with E-state index in [1.807, 2.05) is 19.4 Å². The molecular weight excluding hydrogens is 212 g/mol. The van der Waals surface area contributed by atoms with E-state index in [4.69, 9.17) is 0 Å². The molecule has 0 radical (unpaired) electrons. The lowest BCUT2D eigenvalue weighted by molar-refractivity contribution is 0.388. The van der Waals surface area contributed by atoms with Gasteiger partial charge in [0.1, 0.15) is 5.82 Å². The van der Waals surface area contributed by atoms with Crippen molar-refractivity contribution < 1.29 is 0 Å². The highest BCUT2D eigenvalue weighted by Crippen LogP contribution is 2.25. The summed E-state index contributed by atoms with van der Waals surface area (Å²) in [5.41, 5.74) is 0.994. The quantitative estimate of drug-likeness (QED) is 0.866. The SMILES string of the molecule is CNCc1cnc(N2CC(C)CCC2C)cn1. The lowest BCUT2D eigenvalue weighted by Gasteiger charge is -2.37. The topological polar surface area (TPSA) is 41.1 Å². The van der Waals surface area contributed by atoms with Crippen LogP contribution < -0.4 is 10.2 Å². The molecule has 2 atom stereocenters. The van der Waals surface area contributed by atoms with Gasteiger partial charge in [0.05, 0.1) is 18.1 Å². The third-order valence-corrected chi connectivity index (χ3v) is 3.46. The van der Waals surface area contributed by atoms with Gasteiger partial charge in [0.25, 0.3) is 0 Å². The Morgan fingerprint density at radius 3 is 2.76 bits per heavy atom. The first-order chi connectivity index (χ1) is 8.20. The van der Waals surface area contributed by atoms with E-state index >= 15 is 0 Å². The summed E-state index contributed by atoms with van der Waals surface area (Å²) in [7, 11) is 1.92. The van der Waals surface area contributed by atoms with Crippen molar-refractivity contribution in [3.8, 4) is 0 Å². The van der Waals surface area contributed by atoms with E-state index in [9.17, 15) is 0 Å². The average Bonchev–Trinajstić information content (AvgIpc) is 2.34. The molecular formula is C13H22N4. The Kier molecular flexibility index (Phi) is 3.94. The van der Waals surface area contributed by atoms with E-state index in [-0.39, 0.29) is 0 Å². The van der Waals surface area contributed by atoms with Crippen molar-refractivity contribution >= 4 is 5.82 Å². The normalized spacial score (nSPS) is 25.0. The van der Waals surface area contributed by atoms with Gasteiger partial charge < -0.3 is 10.2 Å². The standard InChI is InChI=1S/C13H22N4/c1-10-4-5-11(2)17(9-10)13-8-15-12(6-14-3)7-16-13/h7-8,10-11,14H,4-6,9H2,1-3H3. The van der Waals surface area contributed by atoms with Crippen molar-refractivity contribution in [3.63, 3.8) is 0 Å². The van der Waals surface area contributed by atoms with Gasteiger partial charge in [0.2, 0.25) is 0 Å². The molecule has 94 valence electrons. The molecule has 0 spiro atoms. The largest absolute Gasteiger partial charge is 0.352 e. The zero-order valence-electron chi connectivity index (χ0n) is 11.0. The number of nitrogens with one attached hydrogen (secondary N) is 1. The average molecular weight is 234 g/mol. The molecule has 1 aliphatic heterocycles. The Balaban J connectivity index is 2.10. The number of hydrogen-bond donors (Lipinski definition) is 1. The van der Waals surface area contributed by atoms with Crippen LogP contribution in [0.15, 0.2) is 12.4 Å². The third kappa shape index (κ3) is 2.94. The first kappa shape index (κ1) is 12.3. The van der Waals surface area contributed by atoms with Crippen molar-refractivity contribution in [1.29, 1.82) is 0 Å². The molecule has 0 saturated carbocycles. The summed E-state index contributed by atoms with van der Waals surface area (Å²) in [6, 6.07) is 0.579. The van der Waals surface area contributed by atoms with Crippen LogP contribution in [0.2, 0.25) is 0 Å². The van der Waals surface area contributed by atoms with Gasteiger partial charge in [0, 0.05) is 19.1 Å². The van der Waals surface area contributed by atoms with Crippen LogP contribution in [0.4, 0.5) is 5.82 Å². The van der Waals surface area contributed by atoms with Crippen LogP contribution in [-0.2, 0) is 6.54 Å². The molecule has 2 rings (SSSR count). The van der Waals surface area contributed by atoms with Gasteiger partial charge in [-0.1, -0.05) is 6.92 Å². The molecule has 2 unspecified atom stereocenters. The van der Waals surface area contributed by atoms with Crippen LogP contribution >= 0.6 is 0 Å². The van der Waals surface area contributed by atoms with Crippen LogP contribution in [0.5, 0.6) is 0 Å². The first-order valence-corrected chi connectivity index (χ1v) is 6.43. The fourth-order valence-electron chi connectivity index (χ4n) is 2.38. The second-order valence-corrected chi connectivity index (χ2v) is 5.08. The molecule has 0 amide bonds. The van der Waals surface area contributed by atoms with Gasteiger partial charge in [-0.05, 0) is 32.7 Å². The molecule has 0 aromatic carbocycles. The van der Waals surface area contributed by atoms with Crippen LogP contribution in [0, 0.1) is 5.92 Å². The highest BCUT2D eigenvalue weighted by Gasteiger charge is 2.23. The number of anilines is 1. The second kappa shape index (κ2) is 5.45. The number of nitrogens with zero attached hydrogens (tertiary/aromatic N) is 3. The molecule has 1 fully saturated rings.